The molecule has 3 heteroatoms. The van der Waals surface area contributed by atoms with Crippen molar-refractivity contribution in [3.8, 4) is 67.3 Å². The van der Waals surface area contributed by atoms with Crippen LogP contribution in [0.5, 0.6) is 0 Å². The molecule has 60 heavy (non-hydrogen) atoms. The van der Waals surface area contributed by atoms with E-state index in [0.717, 1.165) is 33.5 Å². The maximum Gasteiger partial charge on any atom is 0.160 e. The molecule has 1 aliphatic carbocycles. The van der Waals surface area contributed by atoms with Gasteiger partial charge in [-0.2, -0.15) is 0 Å². The highest BCUT2D eigenvalue weighted by atomic mass is 32.1. The van der Waals surface area contributed by atoms with Crippen LogP contribution in [-0.4, -0.2) is 9.97 Å². The summed E-state index contributed by atoms with van der Waals surface area (Å²) in [4.78, 5) is 10.7. The van der Waals surface area contributed by atoms with Gasteiger partial charge in [0, 0.05) is 42.3 Å². The van der Waals surface area contributed by atoms with E-state index in [9.17, 15) is 0 Å². The Morgan fingerprint density at radius 2 is 0.983 bits per heavy atom. The van der Waals surface area contributed by atoms with Crippen molar-refractivity contribution in [2.45, 2.75) is 19.3 Å². The molecule has 0 fully saturated rings. The van der Waals surface area contributed by atoms with Crippen LogP contribution < -0.4 is 0 Å². The van der Waals surface area contributed by atoms with Gasteiger partial charge in [-0.3, -0.25) is 0 Å². The number of hydrogen-bond acceptors (Lipinski definition) is 3. The minimum absolute atomic E-state index is 0.155. The highest BCUT2D eigenvalue weighted by molar-refractivity contribution is 7.25. The highest BCUT2D eigenvalue weighted by Crippen LogP contribution is 2.53. The molecule has 282 valence electrons. The third kappa shape index (κ3) is 5.47. The van der Waals surface area contributed by atoms with Crippen LogP contribution in [0, 0.1) is 0 Å². The monoisotopic (exact) mass is 782 g/mol. The van der Waals surface area contributed by atoms with Gasteiger partial charge in [0.1, 0.15) is 0 Å². The summed E-state index contributed by atoms with van der Waals surface area (Å²) in [6.45, 7) is 4.70. The summed E-state index contributed by atoms with van der Waals surface area (Å²) < 4.78 is 2.64. The van der Waals surface area contributed by atoms with Gasteiger partial charge in [-0.1, -0.05) is 172 Å². The molecule has 0 amide bonds. The summed E-state index contributed by atoms with van der Waals surface area (Å²) >= 11 is 1.86. The first-order valence-electron chi connectivity index (χ1n) is 20.6. The highest BCUT2D eigenvalue weighted by Gasteiger charge is 2.37. The molecular weight excluding hydrogens is 745 g/mol. The van der Waals surface area contributed by atoms with Crippen molar-refractivity contribution in [3.63, 3.8) is 0 Å². The van der Waals surface area contributed by atoms with E-state index in [4.69, 9.17) is 9.97 Å². The van der Waals surface area contributed by atoms with Crippen LogP contribution in [0.1, 0.15) is 25.0 Å². The van der Waals surface area contributed by atoms with Gasteiger partial charge in [-0.15, -0.1) is 11.3 Å². The molecule has 12 rings (SSSR count). The Morgan fingerprint density at radius 3 is 1.82 bits per heavy atom. The van der Waals surface area contributed by atoms with Crippen molar-refractivity contribution in [1.29, 1.82) is 0 Å². The van der Waals surface area contributed by atoms with Gasteiger partial charge < -0.3 is 0 Å². The quantitative estimate of drug-likeness (QED) is 0.174. The minimum Gasteiger partial charge on any atom is -0.228 e. The number of nitrogens with zero attached hydrogens (tertiary/aromatic N) is 2. The topological polar surface area (TPSA) is 25.8 Å². The first-order valence-corrected chi connectivity index (χ1v) is 21.5. The standard InChI is InChI=1S/C57H38N2S/c1-57(2)49-24-13-23-47(55(49)48-31-37-16-6-7-17-38(37)32-50(48)57)52-34-51(58-56(59-52)35-14-4-3-5-15-35)44-29-28-41(42-20-8-9-21-43(42)44)40-19-12-18-36(30-40)39-26-27-46-45-22-10-11-25-53(45)60-54(46)33-39/h3-34H,1-2H3. The van der Waals surface area contributed by atoms with Gasteiger partial charge in [0.2, 0.25) is 0 Å². The SMILES string of the molecule is CC1(C)c2cc3ccccc3cc2-c2c(-c3cc(-c4ccc(-c5cccc(-c6ccc7c(c6)sc6ccccc67)c5)c5ccccc45)nc(-c4ccccc4)n3)cccc21. The fraction of sp³-hybridized carbons (Fsp3) is 0.0526. The largest absolute Gasteiger partial charge is 0.228 e. The lowest BCUT2D eigenvalue weighted by atomic mass is 9.81. The lowest BCUT2D eigenvalue weighted by Crippen LogP contribution is -2.14. The zero-order valence-electron chi connectivity index (χ0n) is 33.3. The van der Waals surface area contributed by atoms with Crippen LogP contribution in [0.3, 0.4) is 0 Å². The van der Waals surface area contributed by atoms with Crippen LogP contribution >= 0.6 is 11.3 Å². The lowest BCUT2D eigenvalue weighted by Gasteiger charge is -2.22. The number of aromatic nitrogens is 2. The van der Waals surface area contributed by atoms with Crippen LogP contribution in [-0.2, 0) is 5.41 Å². The van der Waals surface area contributed by atoms with Crippen molar-refractivity contribution >= 4 is 53.1 Å². The third-order valence-corrected chi connectivity index (χ3v) is 13.8. The summed E-state index contributed by atoms with van der Waals surface area (Å²) in [6.07, 6.45) is 0. The predicted molar refractivity (Wildman–Crippen MR) is 255 cm³/mol. The molecule has 9 aromatic carbocycles. The molecule has 2 heterocycles. The first-order chi connectivity index (χ1) is 29.5. The Morgan fingerprint density at radius 1 is 0.367 bits per heavy atom. The van der Waals surface area contributed by atoms with E-state index in [1.54, 1.807) is 0 Å². The lowest BCUT2D eigenvalue weighted by molar-refractivity contribution is 0.661. The molecule has 1 aliphatic rings. The Labute approximate surface area is 353 Å². The molecule has 0 saturated heterocycles. The van der Waals surface area contributed by atoms with E-state index in [-0.39, 0.29) is 5.41 Å². The zero-order valence-corrected chi connectivity index (χ0v) is 34.1. The Balaban J connectivity index is 1.01. The maximum atomic E-state index is 5.36. The van der Waals surface area contributed by atoms with Crippen molar-refractivity contribution in [2.24, 2.45) is 0 Å². The predicted octanol–water partition coefficient (Wildman–Crippen LogP) is 15.8. The van der Waals surface area contributed by atoms with Gasteiger partial charge in [0.15, 0.2) is 5.82 Å². The molecule has 0 atom stereocenters. The third-order valence-electron chi connectivity index (χ3n) is 12.7. The smallest absolute Gasteiger partial charge is 0.160 e. The summed E-state index contributed by atoms with van der Waals surface area (Å²) in [6, 6.07) is 70.7. The van der Waals surface area contributed by atoms with Gasteiger partial charge in [0.05, 0.1) is 11.4 Å². The minimum atomic E-state index is -0.155. The molecule has 0 aliphatic heterocycles. The van der Waals surface area contributed by atoms with Gasteiger partial charge in [-0.05, 0) is 102 Å². The first kappa shape index (κ1) is 34.8. The average Bonchev–Trinajstić information content (AvgIpc) is 3.79. The molecule has 2 nitrogen and oxygen atoms in total. The van der Waals surface area contributed by atoms with E-state index < -0.39 is 0 Å². The second-order valence-corrected chi connectivity index (χ2v) is 17.6. The van der Waals surface area contributed by atoms with Crippen LogP contribution in [0.2, 0.25) is 0 Å². The summed E-state index contributed by atoms with van der Waals surface area (Å²) in [7, 11) is 0. The maximum absolute atomic E-state index is 5.36. The number of benzene rings is 9. The number of fused-ring (bicyclic) bond motifs is 8. The molecule has 0 spiro atoms. The molecule has 0 bridgehead atoms. The van der Waals surface area contributed by atoms with Crippen LogP contribution in [0.4, 0.5) is 0 Å². The molecule has 2 aromatic heterocycles. The van der Waals surface area contributed by atoms with Gasteiger partial charge in [0.25, 0.3) is 0 Å². The Hall–Kier alpha value is -7.20. The van der Waals surface area contributed by atoms with Crippen molar-refractivity contribution in [2.75, 3.05) is 0 Å². The van der Waals surface area contributed by atoms with E-state index in [1.807, 2.05) is 17.4 Å². The van der Waals surface area contributed by atoms with Crippen molar-refractivity contribution < 1.29 is 0 Å². The molecule has 11 aromatic rings. The summed E-state index contributed by atoms with van der Waals surface area (Å²) in [5.74, 6) is 0.716. The normalized spacial score (nSPS) is 13.0. The molecular formula is C57H38N2S. The zero-order chi connectivity index (χ0) is 40.0. The van der Waals surface area contributed by atoms with Gasteiger partial charge in [-0.25, -0.2) is 9.97 Å². The van der Waals surface area contributed by atoms with E-state index in [1.165, 1.54) is 80.8 Å². The van der Waals surface area contributed by atoms with Crippen LogP contribution in [0.15, 0.2) is 194 Å². The Bertz CT molecular complexity index is 3520. The average molecular weight is 783 g/mol. The second kappa shape index (κ2) is 13.4. The number of rotatable bonds is 5. The number of hydrogen-bond donors (Lipinski definition) is 0. The molecule has 0 saturated carbocycles. The Kier molecular flexibility index (Phi) is 7.79. The van der Waals surface area contributed by atoms with E-state index in [0.29, 0.717) is 5.82 Å². The second-order valence-electron chi connectivity index (χ2n) is 16.5. The van der Waals surface area contributed by atoms with Crippen LogP contribution in [0.25, 0.3) is 109 Å². The summed E-state index contributed by atoms with van der Waals surface area (Å²) in [5, 5.41) is 7.51. The fourth-order valence-electron chi connectivity index (χ4n) is 9.67. The van der Waals surface area contributed by atoms with Crippen molar-refractivity contribution in [3.05, 3.63) is 205 Å². The fourth-order valence-corrected chi connectivity index (χ4v) is 10.8. The van der Waals surface area contributed by atoms with E-state index >= 15 is 0 Å². The molecule has 0 radical (unpaired) electrons. The molecule has 0 N–H and O–H groups in total. The van der Waals surface area contributed by atoms with Gasteiger partial charge >= 0.3 is 0 Å². The van der Waals surface area contributed by atoms with Crippen molar-refractivity contribution in [1.82, 2.24) is 9.97 Å². The molecule has 0 unspecified atom stereocenters. The number of thiophene rings is 1. The summed E-state index contributed by atoms with van der Waals surface area (Å²) in [5.41, 5.74) is 14.9. The van der Waals surface area contributed by atoms with E-state index in [2.05, 4.69) is 202 Å².